The molecule has 0 aromatic rings. The number of hydrogen-bond donors (Lipinski definition) is 1. The molecule has 4 nitrogen and oxygen atoms in total. The highest BCUT2D eigenvalue weighted by Crippen LogP contribution is 2.02. The highest BCUT2D eigenvalue weighted by Gasteiger charge is 2.17. The number of nitrogens with zero attached hydrogens (tertiary/aromatic N) is 3. The van der Waals surface area contributed by atoms with Crippen molar-refractivity contribution < 1.29 is 0 Å². The second-order valence-corrected chi connectivity index (χ2v) is 3.78. The molecule has 88 valence electrons. The van der Waals surface area contributed by atoms with E-state index in [2.05, 4.69) is 27.2 Å². The normalized spacial score (nSPS) is 22.3. The molecule has 2 heterocycles. The smallest absolute Gasteiger partial charge is 0.194 e. The SMILES string of the molecule is CC.CN1CCCN(C2=NCCN2)CC1. The van der Waals surface area contributed by atoms with Crippen molar-refractivity contribution in [1.82, 2.24) is 15.1 Å². The molecule has 0 atom stereocenters. The van der Waals surface area contributed by atoms with E-state index in [1.165, 1.54) is 13.0 Å². The van der Waals surface area contributed by atoms with Crippen LogP contribution in [0.1, 0.15) is 20.3 Å². The summed E-state index contributed by atoms with van der Waals surface area (Å²) in [5, 5.41) is 3.33. The zero-order valence-electron chi connectivity index (χ0n) is 10.3. The Morgan fingerprint density at radius 2 is 1.93 bits per heavy atom. The summed E-state index contributed by atoms with van der Waals surface area (Å²) in [4.78, 5) is 9.19. The Morgan fingerprint density at radius 3 is 2.60 bits per heavy atom. The second kappa shape index (κ2) is 6.67. The third kappa shape index (κ3) is 3.70. The van der Waals surface area contributed by atoms with Crippen LogP contribution in [0, 0.1) is 0 Å². The molecule has 15 heavy (non-hydrogen) atoms. The third-order valence-electron chi connectivity index (χ3n) is 2.68. The van der Waals surface area contributed by atoms with Crippen LogP contribution in [-0.2, 0) is 0 Å². The van der Waals surface area contributed by atoms with E-state index in [9.17, 15) is 0 Å². The number of aliphatic imine (C=N–C) groups is 1. The number of rotatable bonds is 0. The van der Waals surface area contributed by atoms with Crippen LogP contribution in [0.15, 0.2) is 4.99 Å². The van der Waals surface area contributed by atoms with Crippen LogP contribution >= 0.6 is 0 Å². The van der Waals surface area contributed by atoms with Gasteiger partial charge in [-0.25, -0.2) is 0 Å². The first kappa shape index (κ1) is 12.3. The molecule has 1 fully saturated rings. The van der Waals surface area contributed by atoms with E-state index in [4.69, 9.17) is 0 Å². The molecule has 0 bridgehead atoms. The van der Waals surface area contributed by atoms with Gasteiger partial charge < -0.3 is 15.1 Å². The first-order chi connectivity index (χ1) is 7.36. The minimum atomic E-state index is 0.946. The van der Waals surface area contributed by atoms with Crippen molar-refractivity contribution in [2.75, 3.05) is 46.3 Å². The van der Waals surface area contributed by atoms with E-state index in [0.717, 1.165) is 38.7 Å². The standard InChI is InChI=1S/C9H18N4.C2H6/c1-12-5-2-6-13(8-7-12)9-10-3-4-11-9;1-2/h2-8H2,1H3,(H,10,11);1-2H3. The molecule has 0 radical (unpaired) electrons. The Morgan fingerprint density at radius 1 is 1.13 bits per heavy atom. The van der Waals surface area contributed by atoms with Gasteiger partial charge in [-0.2, -0.15) is 0 Å². The number of likely N-dealkylation sites (N-methyl/N-ethyl adjacent to an activating group) is 1. The van der Waals surface area contributed by atoms with Crippen molar-refractivity contribution in [3.63, 3.8) is 0 Å². The molecular weight excluding hydrogens is 188 g/mol. The number of hydrogen-bond acceptors (Lipinski definition) is 4. The van der Waals surface area contributed by atoms with Gasteiger partial charge >= 0.3 is 0 Å². The average Bonchev–Trinajstić information content (AvgIpc) is 2.72. The van der Waals surface area contributed by atoms with Gasteiger partial charge in [0.15, 0.2) is 5.96 Å². The Hall–Kier alpha value is -0.770. The van der Waals surface area contributed by atoms with Gasteiger partial charge in [-0.15, -0.1) is 0 Å². The Balaban J connectivity index is 0.000000531. The lowest BCUT2D eigenvalue weighted by Crippen LogP contribution is -2.40. The lowest BCUT2D eigenvalue weighted by molar-refractivity contribution is 0.345. The van der Waals surface area contributed by atoms with Crippen LogP contribution in [-0.4, -0.2) is 62.1 Å². The molecule has 0 saturated carbocycles. The van der Waals surface area contributed by atoms with Gasteiger partial charge in [0.2, 0.25) is 0 Å². The first-order valence-corrected chi connectivity index (χ1v) is 6.08. The monoisotopic (exact) mass is 212 g/mol. The van der Waals surface area contributed by atoms with Crippen molar-refractivity contribution >= 4 is 5.96 Å². The van der Waals surface area contributed by atoms with Crippen molar-refractivity contribution in [3.05, 3.63) is 0 Å². The molecule has 0 aliphatic carbocycles. The quantitative estimate of drug-likeness (QED) is 0.638. The molecule has 4 heteroatoms. The molecular formula is C11H24N4. The van der Waals surface area contributed by atoms with Crippen LogP contribution in [0.4, 0.5) is 0 Å². The molecule has 0 amide bonds. The predicted molar refractivity (Wildman–Crippen MR) is 65.3 cm³/mol. The molecule has 2 rings (SSSR count). The summed E-state index contributed by atoms with van der Waals surface area (Å²) in [7, 11) is 2.19. The molecule has 0 spiro atoms. The minimum absolute atomic E-state index is 0.946. The lowest BCUT2D eigenvalue weighted by Gasteiger charge is -2.22. The van der Waals surface area contributed by atoms with Crippen molar-refractivity contribution in [1.29, 1.82) is 0 Å². The summed E-state index contributed by atoms with van der Waals surface area (Å²) in [6, 6.07) is 0. The fourth-order valence-corrected chi connectivity index (χ4v) is 1.86. The maximum atomic E-state index is 4.44. The van der Waals surface area contributed by atoms with Gasteiger partial charge in [0.25, 0.3) is 0 Å². The maximum Gasteiger partial charge on any atom is 0.194 e. The zero-order valence-corrected chi connectivity index (χ0v) is 10.3. The van der Waals surface area contributed by atoms with Crippen molar-refractivity contribution in [3.8, 4) is 0 Å². The van der Waals surface area contributed by atoms with E-state index < -0.39 is 0 Å². The molecule has 0 unspecified atom stereocenters. The van der Waals surface area contributed by atoms with E-state index in [1.807, 2.05) is 13.8 Å². The summed E-state index contributed by atoms with van der Waals surface area (Å²) in [5.41, 5.74) is 0. The van der Waals surface area contributed by atoms with Gasteiger partial charge in [0, 0.05) is 26.2 Å². The summed E-state index contributed by atoms with van der Waals surface area (Å²) in [5.74, 6) is 1.12. The van der Waals surface area contributed by atoms with E-state index >= 15 is 0 Å². The minimum Gasteiger partial charge on any atom is -0.354 e. The first-order valence-electron chi connectivity index (χ1n) is 6.08. The molecule has 1 N–H and O–H groups in total. The van der Waals surface area contributed by atoms with Crippen LogP contribution in [0.2, 0.25) is 0 Å². The molecule has 0 aromatic heterocycles. The lowest BCUT2D eigenvalue weighted by atomic mass is 10.4. The van der Waals surface area contributed by atoms with Crippen LogP contribution in [0.25, 0.3) is 0 Å². The number of nitrogens with one attached hydrogen (secondary N) is 1. The van der Waals surface area contributed by atoms with Crippen LogP contribution in [0.5, 0.6) is 0 Å². The molecule has 0 aromatic carbocycles. The average molecular weight is 212 g/mol. The predicted octanol–water partition coefficient (Wildman–Crippen LogP) is 0.609. The zero-order chi connectivity index (χ0) is 11.1. The van der Waals surface area contributed by atoms with Crippen LogP contribution < -0.4 is 5.32 Å². The summed E-state index contributed by atoms with van der Waals surface area (Å²) in [6.45, 7) is 10.6. The number of guanidine groups is 1. The molecule has 1 saturated heterocycles. The van der Waals surface area contributed by atoms with Gasteiger partial charge in [0.1, 0.15) is 0 Å². The summed E-state index contributed by atoms with van der Waals surface area (Å²) >= 11 is 0. The Bertz CT molecular complexity index is 203. The van der Waals surface area contributed by atoms with E-state index in [1.54, 1.807) is 0 Å². The fourth-order valence-electron chi connectivity index (χ4n) is 1.86. The highest BCUT2D eigenvalue weighted by molar-refractivity contribution is 5.81. The van der Waals surface area contributed by atoms with Gasteiger partial charge in [-0.3, -0.25) is 4.99 Å². The van der Waals surface area contributed by atoms with Crippen molar-refractivity contribution in [2.24, 2.45) is 4.99 Å². The molecule has 2 aliphatic rings. The largest absolute Gasteiger partial charge is 0.354 e. The third-order valence-corrected chi connectivity index (χ3v) is 2.68. The van der Waals surface area contributed by atoms with E-state index in [0.29, 0.717) is 0 Å². The topological polar surface area (TPSA) is 30.9 Å². The molecule has 2 aliphatic heterocycles. The van der Waals surface area contributed by atoms with Crippen LogP contribution in [0.3, 0.4) is 0 Å². The Labute approximate surface area is 93.3 Å². The van der Waals surface area contributed by atoms with Gasteiger partial charge in [-0.1, -0.05) is 13.8 Å². The highest BCUT2D eigenvalue weighted by atomic mass is 15.3. The summed E-state index contributed by atoms with van der Waals surface area (Å²) in [6.07, 6.45) is 1.25. The second-order valence-electron chi connectivity index (χ2n) is 3.78. The van der Waals surface area contributed by atoms with Crippen molar-refractivity contribution in [2.45, 2.75) is 20.3 Å². The Kier molecular flexibility index (Phi) is 5.47. The summed E-state index contributed by atoms with van der Waals surface area (Å²) < 4.78 is 0. The van der Waals surface area contributed by atoms with E-state index in [-0.39, 0.29) is 0 Å². The van der Waals surface area contributed by atoms with Gasteiger partial charge in [0.05, 0.1) is 6.54 Å². The van der Waals surface area contributed by atoms with Gasteiger partial charge in [-0.05, 0) is 20.0 Å². The fraction of sp³-hybridized carbons (Fsp3) is 0.909. The maximum absolute atomic E-state index is 4.44.